The molecule has 11 nitrogen and oxygen atoms in total. The van der Waals surface area contributed by atoms with Crippen molar-refractivity contribution in [3.8, 4) is 0 Å². The largest absolute Gasteiger partial charge is 0.401 e. The molecule has 1 aromatic heterocycles. The van der Waals surface area contributed by atoms with Crippen LogP contribution in [-0.2, 0) is 14.3 Å². The van der Waals surface area contributed by atoms with Crippen molar-refractivity contribution in [2.75, 3.05) is 50.2 Å². The molecule has 1 amide bonds. The summed E-state index contributed by atoms with van der Waals surface area (Å²) in [5.41, 5.74) is 6.02. The van der Waals surface area contributed by atoms with Crippen molar-refractivity contribution in [1.82, 2.24) is 14.9 Å². The van der Waals surface area contributed by atoms with E-state index in [1.165, 1.54) is 37.8 Å². The Balaban J connectivity index is 0.000000365. The number of amides is 1. The highest BCUT2D eigenvalue weighted by Crippen LogP contribution is 2.47. The second-order valence-corrected chi connectivity index (χ2v) is 12.2. The summed E-state index contributed by atoms with van der Waals surface area (Å²) < 4.78 is 5.48. The van der Waals surface area contributed by atoms with Crippen molar-refractivity contribution in [3.05, 3.63) is 27.4 Å². The molecular formula is C30H44N6O5. The Kier molecular flexibility index (Phi) is 8.65. The first-order valence-electron chi connectivity index (χ1n) is 15.2. The smallest absolute Gasteiger partial charge is 0.277 e. The van der Waals surface area contributed by atoms with Crippen LogP contribution in [0.1, 0.15) is 88.2 Å². The number of likely N-dealkylation sites (tertiary alicyclic amines) is 1. The summed E-state index contributed by atoms with van der Waals surface area (Å²) in [5.74, 6) is -0.373. The van der Waals surface area contributed by atoms with Gasteiger partial charge in [0.05, 0.1) is 24.6 Å². The van der Waals surface area contributed by atoms with Gasteiger partial charge in [0, 0.05) is 37.4 Å². The van der Waals surface area contributed by atoms with Gasteiger partial charge in [-0.1, -0.05) is 13.3 Å². The molecule has 0 radical (unpaired) electrons. The number of Topliss-reactive ketones (excluding diaryl/α,β-unsaturated/α-hetero) is 2. The Labute approximate surface area is 241 Å². The highest BCUT2D eigenvalue weighted by molar-refractivity contribution is 6.09. The van der Waals surface area contributed by atoms with E-state index in [1.54, 1.807) is 4.90 Å². The number of anilines is 2. The molecule has 6 rings (SSSR count). The Morgan fingerprint density at radius 1 is 1.10 bits per heavy atom. The van der Waals surface area contributed by atoms with Gasteiger partial charge in [-0.05, 0) is 71.4 Å². The number of rotatable bonds is 4. The summed E-state index contributed by atoms with van der Waals surface area (Å²) in [6, 6.07) is 0.802. The number of aromatic amines is 1. The molecule has 1 saturated carbocycles. The van der Waals surface area contributed by atoms with E-state index >= 15 is 0 Å². The summed E-state index contributed by atoms with van der Waals surface area (Å²) in [6.45, 7) is 4.64. The predicted octanol–water partition coefficient (Wildman–Crippen LogP) is 2.54. The van der Waals surface area contributed by atoms with E-state index in [0.717, 1.165) is 18.9 Å². The number of H-pyrrole nitrogens is 1. The van der Waals surface area contributed by atoms with E-state index in [1.807, 2.05) is 0 Å². The minimum Gasteiger partial charge on any atom is -0.401 e. The number of nitrogens with zero attached hydrogens (tertiary/aromatic N) is 4. The van der Waals surface area contributed by atoms with Gasteiger partial charge in [0.15, 0.2) is 17.3 Å². The number of hydrogen-bond acceptors (Lipinski definition) is 9. The first kappa shape index (κ1) is 29.4. The number of hydrogen-bond donors (Lipinski definition) is 2. The molecule has 11 heteroatoms. The molecule has 0 bridgehead atoms. The van der Waals surface area contributed by atoms with Gasteiger partial charge >= 0.3 is 0 Å². The van der Waals surface area contributed by atoms with Gasteiger partial charge in [-0.25, -0.2) is 4.98 Å². The molecule has 0 aromatic carbocycles. The number of carbonyl (C=O) groups excluding carboxylic acids is 3. The normalized spacial score (nSPS) is 28.7. The number of ether oxygens (including phenoxy) is 1. The molecule has 2 aliphatic carbocycles. The fourth-order valence-corrected chi connectivity index (χ4v) is 7.23. The molecule has 3 aliphatic heterocycles. The number of ketones is 2. The van der Waals surface area contributed by atoms with Crippen molar-refractivity contribution in [3.63, 3.8) is 0 Å². The van der Waals surface area contributed by atoms with Gasteiger partial charge in [-0.15, -0.1) is 0 Å². The molecular weight excluding hydrogens is 524 g/mol. The van der Waals surface area contributed by atoms with Crippen LogP contribution in [0.3, 0.4) is 0 Å². The third kappa shape index (κ3) is 5.46. The third-order valence-electron chi connectivity index (χ3n) is 9.80. The van der Waals surface area contributed by atoms with Crippen LogP contribution in [0, 0.1) is 5.41 Å². The molecule has 1 aromatic rings. The Morgan fingerprint density at radius 2 is 1.88 bits per heavy atom. The van der Waals surface area contributed by atoms with E-state index in [4.69, 9.17) is 10.5 Å². The highest BCUT2D eigenvalue weighted by atomic mass is 16.5. The summed E-state index contributed by atoms with van der Waals surface area (Å²) >= 11 is 0. The second kappa shape index (κ2) is 12.1. The average Bonchev–Trinajstić information content (AvgIpc) is 3.65. The van der Waals surface area contributed by atoms with E-state index in [9.17, 15) is 19.2 Å². The lowest BCUT2D eigenvalue weighted by Gasteiger charge is -2.40. The van der Waals surface area contributed by atoms with Crippen molar-refractivity contribution in [1.29, 1.82) is 0 Å². The highest BCUT2D eigenvalue weighted by Gasteiger charge is 2.46. The fraction of sp³-hybridized carbons (Fsp3) is 0.700. The first-order valence-corrected chi connectivity index (χ1v) is 15.2. The number of fused-ring (bicyclic) bond motifs is 1. The SMILES string of the molecule is CCC1CCCN1C.CN1C(=O)CN([C@@H]2CCOC2)c2nc(C(=O)C3=C(N)[C@]4(CCCCC4=O)CCC3)[nH]c(=O)c21. The molecule has 1 spiro atoms. The quantitative estimate of drug-likeness (QED) is 0.524. The van der Waals surface area contributed by atoms with E-state index in [0.29, 0.717) is 68.8 Å². The molecule has 4 heterocycles. The fourth-order valence-electron chi connectivity index (χ4n) is 7.23. The van der Waals surface area contributed by atoms with Crippen LogP contribution in [0.15, 0.2) is 16.1 Å². The topological polar surface area (TPSA) is 142 Å². The number of likely N-dealkylation sites (N-methyl/N-ethyl adjacent to an activating group) is 1. The van der Waals surface area contributed by atoms with Crippen LogP contribution in [0.25, 0.3) is 0 Å². The van der Waals surface area contributed by atoms with Gasteiger partial charge in [-0.3, -0.25) is 19.2 Å². The average molecular weight is 569 g/mol. The van der Waals surface area contributed by atoms with Crippen LogP contribution >= 0.6 is 0 Å². The van der Waals surface area contributed by atoms with Gasteiger partial charge in [0.1, 0.15) is 5.78 Å². The third-order valence-corrected chi connectivity index (χ3v) is 9.80. The van der Waals surface area contributed by atoms with Crippen LogP contribution < -0.4 is 21.1 Å². The lowest BCUT2D eigenvalue weighted by atomic mass is 9.64. The molecule has 41 heavy (non-hydrogen) atoms. The molecule has 3 N–H and O–H groups in total. The van der Waals surface area contributed by atoms with Crippen molar-refractivity contribution >= 4 is 29.0 Å². The van der Waals surface area contributed by atoms with Gasteiger partial charge in [0.2, 0.25) is 11.7 Å². The van der Waals surface area contributed by atoms with Crippen molar-refractivity contribution in [2.45, 2.75) is 89.6 Å². The lowest BCUT2D eigenvalue weighted by molar-refractivity contribution is -0.129. The van der Waals surface area contributed by atoms with Crippen LogP contribution in [-0.4, -0.2) is 84.8 Å². The van der Waals surface area contributed by atoms with Crippen LogP contribution in [0.2, 0.25) is 0 Å². The number of nitrogens with two attached hydrogens (primary N) is 1. The van der Waals surface area contributed by atoms with Gasteiger partial charge < -0.3 is 30.2 Å². The summed E-state index contributed by atoms with van der Waals surface area (Å²) in [6.07, 6.45) is 9.55. The van der Waals surface area contributed by atoms with E-state index < -0.39 is 16.8 Å². The zero-order valence-electron chi connectivity index (χ0n) is 24.7. The number of aromatic nitrogens is 2. The maximum atomic E-state index is 13.5. The standard InChI is InChI=1S/C23H29N5O5.C7H15N/c1-27-16(30)11-28(13-7-10-33-12-13)21-17(27)22(32)26-20(25-21)18(31)14-5-4-9-23(19(14)24)8-3-2-6-15(23)29;1-3-7-5-4-6-8(7)2/h13H,2-12,24H2,1H3,(H,25,26,32);7H,3-6H2,1-2H3/t13-,23-;/m1./s1. The molecule has 3 atom stereocenters. The molecule has 3 fully saturated rings. The van der Waals surface area contributed by atoms with E-state index in [2.05, 4.69) is 28.8 Å². The molecule has 5 aliphatic rings. The van der Waals surface area contributed by atoms with Crippen molar-refractivity contribution < 1.29 is 19.1 Å². The minimum atomic E-state index is -0.768. The summed E-state index contributed by atoms with van der Waals surface area (Å²) in [4.78, 5) is 64.6. The number of allylic oxidation sites excluding steroid dienone is 2. The molecule has 224 valence electrons. The summed E-state index contributed by atoms with van der Waals surface area (Å²) in [7, 11) is 3.75. The second-order valence-electron chi connectivity index (χ2n) is 12.2. The number of nitrogens with one attached hydrogen (secondary N) is 1. The molecule has 1 unspecified atom stereocenters. The van der Waals surface area contributed by atoms with Gasteiger partial charge in [0.25, 0.3) is 5.56 Å². The minimum absolute atomic E-state index is 0.0596. The van der Waals surface area contributed by atoms with Crippen molar-refractivity contribution in [2.24, 2.45) is 11.1 Å². The number of carbonyl (C=O) groups is 3. The Morgan fingerprint density at radius 3 is 2.51 bits per heavy atom. The first-order chi connectivity index (χ1) is 19.7. The zero-order chi connectivity index (χ0) is 29.3. The van der Waals surface area contributed by atoms with Crippen LogP contribution in [0.5, 0.6) is 0 Å². The van der Waals surface area contributed by atoms with E-state index in [-0.39, 0.29) is 35.8 Å². The predicted molar refractivity (Wildman–Crippen MR) is 156 cm³/mol. The Bertz CT molecular complexity index is 1280. The summed E-state index contributed by atoms with van der Waals surface area (Å²) in [5, 5.41) is 0. The Hall–Kier alpha value is -3.05. The maximum Gasteiger partial charge on any atom is 0.277 e. The van der Waals surface area contributed by atoms with Gasteiger partial charge in [-0.2, -0.15) is 0 Å². The maximum absolute atomic E-state index is 13.5. The van der Waals surface area contributed by atoms with Crippen LogP contribution in [0.4, 0.5) is 11.5 Å². The lowest BCUT2D eigenvalue weighted by Crippen LogP contribution is -2.51. The monoisotopic (exact) mass is 568 g/mol. The molecule has 2 saturated heterocycles. The zero-order valence-corrected chi connectivity index (χ0v) is 24.7.